The maximum atomic E-state index is 6.22. The molecule has 1 fully saturated rings. The lowest BCUT2D eigenvalue weighted by molar-refractivity contribution is -0.0505. The van der Waals surface area contributed by atoms with E-state index in [1.54, 1.807) is 0 Å². The second kappa shape index (κ2) is 5.91. The standard InChI is InChI=1S/C15H21N3O2/c1-2-18-13-6-4-3-5-12(13)17-14(18)9-11(16)10-15-19-7-8-20-15/h3-6,11,15H,2,7-10,16H2,1H3. The molecule has 20 heavy (non-hydrogen) atoms. The zero-order chi connectivity index (χ0) is 13.9. The number of imidazole rings is 1. The molecule has 1 unspecified atom stereocenters. The predicted octanol–water partition coefficient (Wildman–Crippen LogP) is 1.69. The number of rotatable bonds is 5. The van der Waals surface area contributed by atoms with Crippen molar-refractivity contribution in [3.8, 4) is 0 Å². The van der Waals surface area contributed by atoms with Crippen LogP contribution in [0.25, 0.3) is 11.0 Å². The SMILES string of the molecule is CCn1c(CC(N)CC2OCCO2)nc2ccccc21. The number of nitrogens with zero attached hydrogens (tertiary/aromatic N) is 2. The zero-order valence-corrected chi connectivity index (χ0v) is 11.8. The second-order valence-electron chi connectivity index (χ2n) is 5.13. The van der Waals surface area contributed by atoms with Gasteiger partial charge in [0.15, 0.2) is 6.29 Å². The molecule has 2 aromatic rings. The third-order valence-electron chi connectivity index (χ3n) is 3.68. The largest absolute Gasteiger partial charge is 0.350 e. The zero-order valence-electron chi connectivity index (χ0n) is 11.8. The Morgan fingerprint density at radius 2 is 2.10 bits per heavy atom. The molecule has 1 saturated heterocycles. The molecule has 0 bridgehead atoms. The van der Waals surface area contributed by atoms with Gasteiger partial charge in [-0.25, -0.2) is 4.98 Å². The number of benzene rings is 1. The van der Waals surface area contributed by atoms with Gasteiger partial charge in [-0.2, -0.15) is 0 Å². The molecule has 1 aliphatic heterocycles. The minimum atomic E-state index is -0.149. The minimum absolute atomic E-state index is 0.000197. The molecule has 1 aromatic heterocycles. The van der Waals surface area contributed by atoms with Gasteiger partial charge in [0.1, 0.15) is 5.82 Å². The summed E-state index contributed by atoms with van der Waals surface area (Å²) in [6, 6.07) is 8.20. The Balaban J connectivity index is 1.75. The number of para-hydroxylation sites is 2. The van der Waals surface area contributed by atoms with Crippen molar-refractivity contribution in [3.63, 3.8) is 0 Å². The van der Waals surface area contributed by atoms with Crippen molar-refractivity contribution in [3.05, 3.63) is 30.1 Å². The van der Waals surface area contributed by atoms with Crippen LogP contribution in [0.2, 0.25) is 0 Å². The lowest BCUT2D eigenvalue weighted by Crippen LogP contribution is -2.30. The van der Waals surface area contributed by atoms with Crippen LogP contribution in [-0.4, -0.2) is 35.1 Å². The molecule has 0 spiro atoms. The number of fused-ring (bicyclic) bond motifs is 1. The molecule has 1 atom stereocenters. The first-order valence-electron chi connectivity index (χ1n) is 7.21. The number of ether oxygens (including phenoxy) is 2. The average Bonchev–Trinajstić information content (AvgIpc) is 3.05. The molecular formula is C15H21N3O2. The summed E-state index contributed by atoms with van der Waals surface area (Å²) in [5, 5.41) is 0. The fourth-order valence-corrected chi connectivity index (χ4v) is 2.74. The van der Waals surface area contributed by atoms with E-state index in [2.05, 4.69) is 17.6 Å². The molecule has 1 aromatic carbocycles. The van der Waals surface area contributed by atoms with Gasteiger partial charge in [0, 0.05) is 25.4 Å². The van der Waals surface area contributed by atoms with Gasteiger partial charge in [-0.05, 0) is 19.1 Å². The quantitative estimate of drug-likeness (QED) is 0.902. The third kappa shape index (κ3) is 2.70. The van der Waals surface area contributed by atoms with Crippen LogP contribution in [0.1, 0.15) is 19.2 Å². The van der Waals surface area contributed by atoms with Crippen LogP contribution >= 0.6 is 0 Å². The lowest BCUT2D eigenvalue weighted by atomic mass is 10.1. The van der Waals surface area contributed by atoms with Crippen LogP contribution < -0.4 is 5.73 Å². The van der Waals surface area contributed by atoms with Gasteiger partial charge in [-0.1, -0.05) is 12.1 Å². The Hall–Kier alpha value is -1.43. The van der Waals surface area contributed by atoms with Crippen molar-refractivity contribution >= 4 is 11.0 Å². The molecule has 3 rings (SSSR count). The van der Waals surface area contributed by atoms with Crippen molar-refractivity contribution in [2.45, 2.75) is 38.6 Å². The summed E-state index contributed by atoms with van der Waals surface area (Å²) in [5.41, 5.74) is 8.42. The highest BCUT2D eigenvalue weighted by Crippen LogP contribution is 2.18. The van der Waals surface area contributed by atoms with Crippen LogP contribution in [-0.2, 0) is 22.4 Å². The van der Waals surface area contributed by atoms with Crippen LogP contribution in [0.15, 0.2) is 24.3 Å². The van der Waals surface area contributed by atoms with Crippen molar-refractivity contribution in [2.75, 3.05) is 13.2 Å². The van der Waals surface area contributed by atoms with Gasteiger partial charge in [0.2, 0.25) is 0 Å². The van der Waals surface area contributed by atoms with E-state index in [-0.39, 0.29) is 12.3 Å². The second-order valence-corrected chi connectivity index (χ2v) is 5.13. The summed E-state index contributed by atoms with van der Waals surface area (Å²) in [5.74, 6) is 1.04. The molecule has 2 N–H and O–H groups in total. The number of aromatic nitrogens is 2. The first-order valence-corrected chi connectivity index (χ1v) is 7.21. The fraction of sp³-hybridized carbons (Fsp3) is 0.533. The number of nitrogens with two attached hydrogens (primary N) is 1. The Morgan fingerprint density at radius 1 is 1.35 bits per heavy atom. The molecule has 0 saturated carbocycles. The summed E-state index contributed by atoms with van der Waals surface area (Å²) >= 11 is 0. The minimum Gasteiger partial charge on any atom is -0.350 e. The molecule has 0 amide bonds. The van der Waals surface area contributed by atoms with Gasteiger partial charge in [0.25, 0.3) is 0 Å². The van der Waals surface area contributed by atoms with Crippen molar-refractivity contribution in [1.82, 2.24) is 9.55 Å². The molecule has 0 aliphatic carbocycles. The highest BCUT2D eigenvalue weighted by Gasteiger charge is 2.21. The highest BCUT2D eigenvalue weighted by atomic mass is 16.7. The molecule has 1 aliphatic rings. The average molecular weight is 275 g/mol. The van der Waals surface area contributed by atoms with Crippen LogP contribution in [0.5, 0.6) is 0 Å². The summed E-state index contributed by atoms with van der Waals surface area (Å²) < 4.78 is 13.1. The summed E-state index contributed by atoms with van der Waals surface area (Å²) in [6.45, 7) is 4.38. The summed E-state index contributed by atoms with van der Waals surface area (Å²) in [6.07, 6.45) is 1.31. The van der Waals surface area contributed by atoms with E-state index in [1.165, 1.54) is 5.52 Å². The monoisotopic (exact) mass is 275 g/mol. The van der Waals surface area contributed by atoms with E-state index in [4.69, 9.17) is 20.2 Å². The molecular weight excluding hydrogens is 254 g/mol. The maximum Gasteiger partial charge on any atom is 0.159 e. The Morgan fingerprint density at radius 3 is 2.85 bits per heavy atom. The summed E-state index contributed by atoms with van der Waals surface area (Å²) in [7, 11) is 0. The maximum absolute atomic E-state index is 6.22. The third-order valence-corrected chi connectivity index (χ3v) is 3.68. The van der Waals surface area contributed by atoms with E-state index in [0.29, 0.717) is 19.6 Å². The predicted molar refractivity (Wildman–Crippen MR) is 77.4 cm³/mol. The van der Waals surface area contributed by atoms with Crippen LogP contribution in [0, 0.1) is 0 Å². The van der Waals surface area contributed by atoms with Crippen LogP contribution in [0.3, 0.4) is 0 Å². The normalized spacial score (nSPS) is 17.9. The Labute approximate surface area is 118 Å². The number of hydrogen-bond acceptors (Lipinski definition) is 4. The first kappa shape index (κ1) is 13.5. The van der Waals surface area contributed by atoms with E-state index >= 15 is 0 Å². The van der Waals surface area contributed by atoms with Crippen LogP contribution in [0.4, 0.5) is 0 Å². The van der Waals surface area contributed by atoms with Gasteiger partial charge in [0.05, 0.1) is 24.2 Å². The van der Waals surface area contributed by atoms with E-state index in [0.717, 1.165) is 24.3 Å². The van der Waals surface area contributed by atoms with E-state index in [9.17, 15) is 0 Å². The van der Waals surface area contributed by atoms with Crippen molar-refractivity contribution in [2.24, 2.45) is 5.73 Å². The highest BCUT2D eigenvalue weighted by molar-refractivity contribution is 5.75. The summed E-state index contributed by atoms with van der Waals surface area (Å²) in [4.78, 5) is 4.70. The molecule has 5 heteroatoms. The Bertz CT molecular complexity index is 576. The molecule has 5 nitrogen and oxygen atoms in total. The van der Waals surface area contributed by atoms with Gasteiger partial charge >= 0.3 is 0 Å². The van der Waals surface area contributed by atoms with Gasteiger partial charge < -0.3 is 19.8 Å². The number of aryl methyl sites for hydroxylation is 1. The first-order chi connectivity index (χ1) is 9.78. The topological polar surface area (TPSA) is 62.3 Å². The van der Waals surface area contributed by atoms with E-state index < -0.39 is 0 Å². The van der Waals surface area contributed by atoms with Crippen molar-refractivity contribution in [1.29, 1.82) is 0 Å². The van der Waals surface area contributed by atoms with Gasteiger partial charge in [-0.3, -0.25) is 0 Å². The lowest BCUT2D eigenvalue weighted by Gasteiger charge is -2.16. The van der Waals surface area contributed by atoms with E-state index in [1.807, 2.05) is 18.2 Å². The number of hydrogen-bond donors (Lipinski definition) is 1. The molecule has 108 valence electrons. The smallest absolute Gasteiger partial charge is 0.159 e. The molecule has 2 heterocycles. The fourth-order valence-electron chi connectivity index (χ4n) is 2.74. The van der Waals surface area contributed by atoms with Crippen molar-refractivity contribution < 1.29 is 9.47 Å². The molecule has 0 radical (unpaired) electrons. The Kier molecular flexibility index (Phi) is 4.00. The van der Waals surface area contributed by atoms with Gasteiger partial charge in [-0.15, -0.1) is 0 Å².